The molecule has 1 rings (SSSR count). The Morgan fingerprint density at radius 3 is 2.74 bits per heavy atom. The zero-order valence-corrected chi connectivity index (χ0v) is 11.8. The Labute approximate surface area is 114 Å². The van der Waals surface area contributed by atoms with Crippen LogP contribution in [0.2, 0.25) is 0 Å². The summed E-state index contributed by atoms with van der Waals surface area (Å²) in [5.41, 5.74) is -0.0846. The number of benzene rings is 1. The van der Waals surface area contributed by atoms with Gasteiger partial charge in [0.2, 0.25) is 0 Å². The highest BCUT2D eigenvalue weighted by molar-refractivity contribution is 5.79. The van der Waals surface area contributed by atoms with Gasteiger partial charge in [-0.2, -0.15) is 0 Å². The van der Waals surface area contributed by atoms with E-state index in [0.29, 0.717) is 12.4 Å². The van der Waals surface area contributed by atoms with Crippen molar-refractivity contribution in [2.24, 2.45) is 0 Å². The second kappa shape index (κ2) is 6.83. The molecule has 0 aliphatic heterocycles. The third-order valence-corrected chi connectivity index (χ3v) is 2.39. The molecule has 0 aliphatic carbocycles. The molecule has 1 aromatic rings. The summed E-state index contributed by atoms with van der Waals surface area (Å²) < 4.78 is 15.5. The van der Waals surface area contributed by atoms with Crippen molar-refractivity contribution in [3.63, 3.8) is 0 Å². The maximum atomic E-state index is 11.7. The summed E-state index contributed by atoms with van der Waals surface area (Å²) in [6.07, 6.45) is 3.39. The third kappa shape index (κ3) is 4.66. The van der Waals surface area contributed by atoms with Crippen molar-refractivity contribution in [1.82, 2.24) is 0 Å². The summed E-state index contributed by atoms with van der Waals surface area (Å²) in [5, 5.41) is 0. The van der Waals surface area contributed by atoms with E-state index in [-0.39, 0.29) is 5.97 Å². The molecule has 19 heavy (non-hydrogen) atoms. The van der Waals surface area contributed by atoms with Crippen molar-refractivity contribution >= 4 is 12.0 Å². The molecule has 0 aliphatic rings. The van der Waals surface area contributed by atoms with Crippen molar-refractivity contribution < 1.29 is 19.0 Å². The highest BCUT2D eigenvalue weighted by atomic mass is 16.6. The van der Waals surface area contributed by atoms with Crippen LogP contribution in [-0.4, -0.2) is 25.3 Å². The summed E-state index contributed by atoms with van der Waals surface area (Å²) in [7, 11) is 1.58. The first kappa shape index (κ1) is 15.1. The first-order chi connectivity index (χ1) is 8.99. The molecular formula is C15H20O4. The minimum Gasteiger partial charge on any atom is -0.504 e. The average Bonchev–Trinajstić information content (AvgIpc) is 2.36. The predicted molar refractivity (Wildman–Crippen MR) is 73.8 cm³/mol. The van der Waals surface area contributed by atoms with Crippen LogP contribution >= 0.6 is 0 Å². The van der Waals surface area contributed by atoms with Crippen LogP contribution in [0, 0.1) is 0 Å². The lowest BCUT2D eigenvalue weighted by Crippen LogP contribution is -2.39. The molecule has 0 spiro atoms. The van der Waals surface area contributed by atoms with Crippen LogP contribution in [0.5, 0.6) is 5.75 Å². The first-order valence-electron chi connectivity index (χ1n) is 6.15. The fourth-order valence-electron chi connectivity index (χ4n) is 1.47. The molecule has 1 aromatic carbocycles. The Bertz CT molecular complexity index is 449. The van der Waals surface area contributed by atoms with E-state index in [2.05, 4.69) is 0 Å². The van der Waals surface area contributed by atoms with Gasteiger partial charge < -0.3 is 14.2 Å². The van der Waals surface area contributed by atoms with Gasteiger partial charge in [-0.15, -0.1) is 0 Å². The van der Waals surface area contributed by atoms with Gasteiger partial charge in [0.15, 0.2) is 5.60 Å². The van der Waals surface area contributed by atoms with E-state index in [0.717, 1.165) is 5.56 Å². The number of rotatable bonds is 6. The van der Waals surface area contributed by atoms with Crippen LogP contribution in [0.4, 0.5) is 0 Å². The molecular weight excluding hydrogens is 244 g/mol. The van der Waals surface area contributed by atoms with E-state index in [4.69, 9.17) is 14.2 Å². The fraction of sp³-hybridized carbons (Fsp3) is 0.400. The number of methoxy groups -OCH3 is 1. The van der Waals surface area contributed by atoms with Crippen molar-refractivity contribution in [3.05, 3.63) is 36.1 Å². The third-order valence-electron chi connectivity index (χ3n) is 2.39. The van der Waals surface area contributed by atoms with Crippen LogP contribution in [0.1, 0.15) is 26.3 Å². The normalized spacial score (nSPS) is 11.4. The summed E-state index contributed by atoms with van der Waals surface area (Å²) in [6.45, 7) is 5.47. The highest BCUT2D eigenvalue weighted by Gasteiger charge is 2.31. The highest BCUT2D eigenvalue weighted by Crippen LogP contribution is 2.21. The molecule has 0 unspecified atom stereocenters. The lowest BCUT2D eigenvalue weighted by molar-refractivity contribution is -0.158. The predicted octanol–water partition coefficient (Wildman–Crippen LogP) is 3.02. The summed E-state index contributed by atoms with van der Waals surface area (Å²) in [5.74, 6) is 0.226. The number of ether oxygens (including phenoxy) is 3. The summed E-state index contributed by atoms with van der Waals surface area (Å²) in [4.78, 5) is 11.7. The van der Waals surface area contributed by atoms with E-state index in [9.17, 15) is 4.79 Å². The summed E-state index contributed by atoms with van der Waals surface area (Å²) >= 11 is 0. The van der Waals surface area contributed by atoms with E-state index in [1.54, 1.807) is 40.2 Å². The molecule has 4 heteroatoms. The van der Waals surface area contributed by atoms with Gasteiger partial charge in [-0.05, 0) is 44.5 Å². The second-order valence-electron chi connectivity index (χ2n) is 4.44. The number of carbonyl (C=O) groups is 1. The van der Waals surface area contributed by atoms with E-state index < -0.39 is 5.60 Å². The topological polar surface area (TPSA) is 44.8 Å². The van der Waals surface area contributed by atoms with Crippen molar-refractivity contribution in [2.45, 2.75) is 26.4 Å². The lowest BCUT2D eigenvalue weighted by Gasteiger charge is -2.24. The number of hydrogen-bond acceptors (Lipinski definition) is 4. The first-order valence-corrected chi connectivity index (χ1v) is 6.15. The Balaban J connectivity index is 2.81. The zero-order chi connectivity index (χ0) is 14.3. The largest absolute Gasteiger partial charge is 0.504 e. The molecule has 4 nitrogen and oxygen atoms in total. The van der Waals surface area contributed by atoms with E-state index in [1.165, 1.54) is 0 Å². The Morgan fingerprint density at radius 1 is 1.37 bits per heavy atom. The molecule has 0 N–H and O–H groups in total. The summed E-state index contributed by atoms with van der Waals surface area (Å²) in [6, 6.07) is 7.40. The molecule has 0 heterocycles. The Morgan fingerprint density at radius 2 is 2.11 bits per heavy atom. The number of hydrogen-bond donors (Lipinski definition) is 0. The van der Waals surface area contributed by atoms with Crippen LogP contribution in [0.15, 0.2) is 30.5 Å². The molecule has 0 saturated carbocycles. The molecule has 0 fully saturated rings. The van der Waals surface area contributed by atoms with Gasteiger partial charge in [0.1, 0.15) is 5.75 Å². The molecule has 0 saturated heterocycles. The SMILES string of the molecule is CCOC(=O)C(C)(C)Oc1cccc(C=COC)c1. The molecule has 104 valence electrons. The van der Waals surface area contributed by atoms with Crippen LogP contribution < -0.4 is 4.74 Å². The minimum absolute atomic E-state index is 0.336. The lowest BCUT2D eigenvalue weighted by atomic mass is 10.1. The van der Waals surface area contributed by atoms with Gasteiger partial charge in [-0.1, -0.05) is 12.1 Å². The molecule has 0 bridgehead atoms. The molecule has 0 radical (unpaired) electrons. The average molecular weight is 264 g/mol. The van der Waals surface area contributed by atoms with Crippen LogP contribution in [0.25, 0.3) is 6.08 Å². The standard InChI is InChI=1S/C15H20O4/c1-5-18-14(16)15(2,3)19-13-8-6-7-12(11-13)9-10-17-4/h6-11H,5H2,1-4H3. The number of carbonyl (C=O) groups excluding carboxylic acids is 1. The van der Waals surface area contributed by atoms with Crippen molar-refractivity contribution in [3.8, 4) is 5.75 Å². The molecule has 0 aromatic heterocycles. The van der Waals surface area contributed by atoms with Crippen LogP contribution in [-0.2, 0) is 14.3 Å². The fourth-order valence-corrected chi connectivity index (χ4v) is 1.47. The Hall–Kier alpha value is -1.97. The minimum atomic E-state index is -1.01. The van der Waals surface area contributed by atoms with Gasteiger partial charge in [0, 0.05) is 0 Å². The van der Waals surface area contributed by atoms with Gasteiger partial charge in [-0.25, -0.2) is 4.79 Å². The van der Waals surface area contributed by atoms with Gasteiger partial charge >= 0.3 is 5.97 Å². The monoisotopic (exact) mass is 264 g/mol. The molecule has 0 atom stereocenters. The van der Waals surface area contributed by atoms with Gasteiger partial charge in [0.05, 0.1) is 20.0 Å². The van der Waals surface area contributed by atoms with Crippen LogP contribution in [0.3, 0.4) is 0 Å². The smallest absolute Gasteiger partial charge is 0.349 e. The quantitative estimate of drug-likeness (QED) is 0.585. The second-order valence-corrected chi connectivity index (χ2v) is 4.44. The van der Waals surface area contributed by atoms with Gasteiger partial charge in [0.25, 0.3) is 0 Å². The maximum absolute atomic E-state index is 11.7. The van der Waals surface area contributed by atoms with Gasteiger partial charge in [-0.3, -0.25) is 0 Å². The Kier molecular flexibility index (Phi) is 5.42. The maximum Gasteiger partial charge on any atom is 0.349 e. The van der Waals surface area contributed by atoms with E-state index in [1.807, 2.05) is 24.3 Å². The molecule has 0 amide bonds. The van der Waals surface area contributed by atoms with Crippen molar-refractivity contribution in [2.75, 3.05) is 13.7 Å². The van der Waals surface area contributed by atoms with E-state index >= 15 is 0 Å². The van der Waals surface area contributed by atoms with Crippen molar-refractivity contribution in [1.29, 1.82) is 0 Å². The zero-order valence-electron chi connectivity index (χ0n) is 11.8. The number of esters is 1.